The Morgan fingerprint density at radius 3 is 2.63 bits per heavy atom. The van der Waals surface area contributed by atoms with Gasteiger partial charge < -0.3 is 4.74 Å². The molecule has 4 aliphatic rings. The molecule has 0 bridgehead atoms. The van der Waals surface area contributed by atoms with Crippen molar-refractivity contribution in [2.75, 3.05) is 0 Å². The lowest BCUT2D eigenvalue weighted by molar-refractivity contribution is -0.161. The maximum absolute atomic E-state index is 12.5. The first kappa shape index (κ1) is 22.1. The molecule has 4 rings (SSSR count). The summed E-state index contributed by atoms with van der Waals surface area (Å²) in [6, 6.07) is 0. The Morgan fingerprint density at radius 2 is 1.87 bits per heavy atom. The largest absolute Gasteiger partial charge is 0.462 e. The van der Waals surface area contributed by atoms with Crippen molar-refractivity contribution in [1.29, 1.82) is 0 Å². The quantitative estimate of drug-likeness (QED) is 0.361. The number of carbonyl (C=O) groups excluding carboxylic acids is 2. The molecule has 3 nitrogen and oxygen atoms in total. The van der Waals surface area contributed by atoms with E-state index in [0.717, 1.165) is 38.0 Å². The van der Waals surface area contributed by atoms with Gasteiger partial charge in [-0.25, -0.2) is 0 Å². The highest BCUT2D eigenvalue weighted by Gasteiger charge is 2.61. The van der Waals surface area contributed by atoms with E-state index >= 15 is 0 Å². The number of allylic oxidation sites excluding steroid dienone is 2. The summed E-state index contributed by atoms with van der Waals surface area (Å²) in [6.07, 6.45) is 15.0. The zero-order valence-electron chi connectivity index (χ0n) is 19.7. The zero-order valence-corrected chi connectivity index (χ0v) is 19.7. The number of rotatable bonds is 6. The Kier molecular flexibility index (Phi) is 6.21. The Bertz CT molecular complexity index is 709. The van der Waals surface area contributed by atoms with Crippen molar-refractivity contribution in [3.05, 3.63) is 11.6 Å². The van der Waals surface area contributed by atoms with Crippen molar-refractivity contribution in [1.82, 2.24) is 0 Å². The van der Waals surface area contributed by atoms with Crippen LogP contribution in [0.1, 0.15) is 105 Å². The van der Waals surface area contributed by atoms with Gasteiger partial charge in [-0.1, -0.05) is 45.6 Å². The standard InChI is InChI=1S/C27H42O3/c1-5-6-7-8-9-25(29)30-24-13-12-22-21-11-10-19-17-20(28)16-18(2)27(19,4)23(21)14-15-26(22,24)3/h16,19,21-24H,5-15,17H2,1-4H3/t19-,21+,22+,23+,24-,26-,27-/m0/s1. The molecule has 0 spiro atoms. The molecule has 0 aromatic heterocycles. The molecule has 0 aromatic carbocycles. The highest BCUT2D eigenvalue weighted by molar-refractivity contribution is 5.91. The number of esters is 1. The summed E-state index contributed by atoms with van der Waals surface area (Å²) in [5.74, 6) is 2.95. The number of ketones is 1. The first-order valence-corrected chi connectivity index (χ1v) is 12.7. The van der Waals surface area contributed by atoms with Crippen LogP contribution in [0.25, 0.3) is 0 Å². The molecule has 7 atom stereocenters. The van der Waals surface area contributed by atoms with Crippen molar-refractivity contribution in [3.63, 3.8) is 0 Å². The normalized spacial score (nSPS) is 42.7. The SMILES string of the molecule is CCCCCCC(=O)O[C@H]1CC[C@@H]2[C@H]3CC[C@H]4CC(=O)C=C(C)[C@]4(C)[C@@H]3CC[C@]12C. The van der Waals surface area contributed by atoms with Gasteiger partial charge in [0.15, 0.2) is 5.78 Å². The van der Waals surface area contributed by atoms with Crippen molar-refractivity contribution in [2.24, 2.45) is 34.5 Å². The fourth-order valence-electron chi connectivity index (χ4n) is 8.12. The number of unbranched alkanes of at least 4 members (excludes halogenated alkanes) is 3. The summed E-state index contributed by atoms with van der Waals surface area (Å²) in [5.41, 5.74) is 1.66. The topological polar surface area (TPSA) is 43.4 Å². The van der Waals surface area contributed by atoms with Gasteiger partial charge in [0.1, 0.15) is 6.10 Å². The van der Waals surface area contributed by atoms with Crippen LogP contribution in [0.2, 0.25) is 0 Å². The molecule has 0 aromatic rings. The summed E-state index contributed by atoms with van der Waals surface area (Å²) in [5, 5.41) is 0. The third-order valence-electron chi connectivity index (χ3n) is 10.00. The minimum absolute atomic E-state index is 0.0281. The molecule has 0 aliphatic heterocycles. The van der Waals surface area contributed by atoms with Gasteiger partial charge in [-0.15, -0.1) is 0 Å². The number of fused-ring (bicyclic) bond motifs is 5. The molecule has 0 saturated heterocycles. The number of ether oxygens (including phenoxy) is 1. The first-order chi connectivity index (χ1) is 14.3. The molecular weight excluding hydrogens is 372 g/mol. The van der Waals surface area contributed by atoms with E-state index in [1.54, 1.807) is 0 Å². The first-order valence-electron chi connectivity index (χ1n) is 12.7. The molecule has 0 N–H and O–H groups in total. The third kappa shape index (κ3) is 3.58. The summed E-state index contributed by atoms with van der Waals surface area (Å²) in [6.45, 7) is 9.28. The van der Waals surface area contributed by atoms with Crippen LogP contribution >= 0.6 is 0 Å². The van der Waals surface area contributed by atoms with Crippen LogP contribution in [0.3, 0.4) is 0 Å². The molecule has 0 heterocycles. The van der Waals surface area contributed by atoms with Crippen molar-refractivity contribution in [3.8, 4) is 0 Å². The van der Waals surface area contributed by atoms with E-state index in [9.17, 15) is 9.59 Å². The highest BCUT2D eigenvalue weighted by Crippen LogP contribution is 2.66. The molecule has 3 heteroatoms. The van der Waals surface area contributed by atoms with E-state index in [4.69, 9.17) is 4.74 Å². The second-order valence-corrected chi connectivity index (χ2v) is 11.3. The van der Waals surface area contributed by atoms with Crippen molar-refractivity contribution < 1.29 is 14.3 Å². The molecule has 4 aliphatic carbocycles. The smallest absolute Gasteiger partial charge is 0.306 e. The van der Waals surface area contributed by atoms with E-state index < -0.39 is 0 Å². The fraction of sp³-hybridized carbons (Fsp3) is 0.852. The molecular formula is C27H42O3. The average molecular weight is 415 g/mol. The molecule has 0 amide bonds. The molecule has 168 valence electrons. The highest BCUT2D eigenvalue weighted by atomic mass is 16.5. The minimum Gasteiger partial charge on any atom is -0.462 e. The third-order valence-corrected chi connectivity index (χ3v) is 10.00. The van der Waals surface area contributed by atoms with Crippen LogP contribution < -0.4 is 0 Å². The number of hydrogen-bond donors (Lipinski definition) is 0. The van der Waals surface area contributed by atoms with Gasteiger partial charge in [0.2, 0.25) is 0 Å². The molecule has 3 saturated carbocycles. The van der Waals surface area contributed by atoms with Gasteiger partial charge in [-0.3, -0.25) is 9.59 Å². The zero-order chi connectivity index (χ0) is 21.5. The fourth-order valence-corrected chi connectivity index (χ4v) is 8.12. The van der Waals surface area contributed by atoms with Gasteiger partial charge in [0, 0.05) is 18.3 Å². The van der Waals surface area contributed by atoms with Crippen LogP contribution in [-0.2, 0) is 14.3 Å². The summed E-state index contributed by atoms with van der Waals surface area (Å²) in [7, 11) is 0. The van der Waals surface area contributed by atoms with Gasteiger partial charge in [0.25, 0.3) is 0 Å². The monoisotopic (exact) mass is 414 g/mol. The number of hydrogen-bond acceptors (Lipinski definition) is 3. The van der Waals surface area contributed by atoms with Gasteiger partial charge in [-0.05, 0) is 87.0 Å². The Morgan fingerprint density at radius 1 is 1.07 bits per heavy atom. The van der Waals surface area contributed by atoms with E-state index in [1.807, 2.05) is 6.08 Å². The molecule has 0 radical (unpaired) electrons. The predicted octanol–water partition coefficient (Wildman–Crippen LogP) is 6.65. The summed E-state index contributed by atoms with van der Waals surface area (Å²) >= 11 is 0. The second-order valence-electron chi connectivity index (χ2n) is 11.3. The maximum atomic E-state index is 12.5. The predicted molar refractivity (Wildman–Crippen MR) is 120 cm³/mol. The minimum atomic E-state index is 0.0281. The Balaban J connectivity index is 1.46. The lowest BCUT2D eigenvalue weighted by atomic mass is 9.45. The average Bonchev–Trinajstić information content (AvgIpc) is 3.03. The van der Waals surface area contributed by atoms with Crippen molar-refractivity contribution >= 4 is 11.8 Å². The summed E-state index contributed by atoms with van der Waals surface area (Å²) in [4.78, 5) is 24.7. The number of carbonyl (C=O) groups is 2. The van der Waals surface area contributed by atoms with Crippen molar-refractivity contribution in [2.45, 2.75) is 111 Å². The summed E-state index contributed by atoms with van der Waals surface area (Å²) < 4.78 is 6.12. The van der Waals surface area contributed by atoms with Crippen LogP contribution in [0.4, 0.5) is 0 Å². The van der Waals surface area contributed by atoms with E-state index in [2.05, 4.69) is 27.7 Å². The van der Waals surface area contributed by atoms with E-state index in [-0.39, 0.29) is 22.9 Å². The lowest BCUT2D eigenvalue weighted by Gasteiger charge is -2.60. The van der Waals surface area contributed by atoms with Crippen LogP contribution in [0.5, 0.6) is 0 Å². The van der Waals surface area contributed by atoms with Gasteiger partial charge >= 0.3 is 5.97 Å². The molecule has 0 unspecified atom stereocenters. The molecule has 3 fully saturated rings. The Hall–Kier alpha value is -1.12. The van der Waals surface area contributed by atoms with Gasteiger partial charge in [0.05, 0.1) is 0 Å². The van der Waals surface area contributed by atoms with E-state index in [0.29, 0.717) is 30.0 Å². The second kappa shape index (κ2) is 8.43. The Labute approximate surface area is 183 Å². The van der Waals surface area contributed by atoms with Crippen LogP contribution in [0.15, 0.2) is 11.6 Å². The van der Waals surface area contributed by atoms with Crippen LogP contribution in [0, 0.1) is 34.5 Å². The van der Waals surface area contributed by atoms with Crippen LogP contribution in [-0.4, -0.2) is 17.9 Å². The lowest BCUT2D eigenvalue weighted by Crippen LogP contribution is -2.54. The van der Waals surface area contributed by atoms with E-state index in [1.165, 1.54) is 44.1 Å². The van der Waals surface area contributed by atoms with Gasteiger partial charge in [-0.2, -0.15) is 0 Å². The molecule has 30 heavy (non-hydrogen) atoms. The maximum Gasteiger partial charge on any atom is 0.306 e.